The number of carbonyl (C=O) groups is 2. The molecule has 1 heterocycles. The van der Waals surface area contributed by atoms with E-state index in [1.54, 1.807) is 23.7 Å². The SMILES string of the molecule is Cc1ccc(C)c(NC(=O)Cc2nnc(SCC(=O)Nc3ccc(C)c(Cl)c3)n2C)c1. The number of halogens is 1. The van der Waals surface area contributed by atoms with E-state index in [0.717, 1.165) is 22.4 Å². The van der Waals surface area contributed by atoms with Gasteiger partial charge in [-0.05, 0) is 55.7 Å². The van der Waals surface area contributed by atoms with Gasteiger partial charge < -0.3 is 15.2 Å². The van der Waals surface area contributed by atoms with Gasteiger partial charge in [0.1, 0.15) is 5.82 Å². The molecule has 2 N–H and O–H groups in total. The Bertz CT molecular complexity index is 1130. The molecule has 0 aliphatic carbocycles. The number of hydrogen-bond donors (Lipinski definition) is 2. The Hall–Kier alpha value is -2.84. The first-order valence-corrected chi connectivity index (χ1v) is 11.0. The minimum absolute atomic E-state index is 0.0888. The zero-order valence-corrected chi connectivity index (χ0v) is 19.4. The van der Waals surface area contributed by atoms with Crippen molar-refractivity contribution in [3.8, 4) is 0 Å². The summed E-state index contributed by atoms with van der Waals surface area (Å²) in [4.78, 5) is 24.7. The zero-order valence-electron chi connectivity index (χ0n) is 17.8. The second-order valence-electron chi connectivity index (χ2n) is 7.30. The number of carbonyl (C=O) groups excluding carboxylic acids is 2. The summed E-state index contributed by atoms with van der Waals surface area (Å²) in [6.45, 7) is 5.82. The topological polar surface area (TPSA) is 88.9 Å². The molecule has 0 saturated heterocycles. The van der Waals surface area contributed by atoms with Gasteiger partial charge in [0.15, 0.2) is 5.16 Å². The molecule has 9 heteroatoms. The molecule has 31 heavy (non-hydrogen) atoms. The van der Waals surface area contributed by atoms with Crippen LogP contribution in [0, 0.1) is 20.8 Å². The van der Waals surface area contributed by atoms with Crippen molar-refractivity contribution in [3.63, 3.8) is 0 Å². The molecule has 0 radical (unpaired) electrons. The average Bonchev–Trinajstić information content (AvgIpc) is 3.05. The van der Waals surface area contributed by atoms with E-state index in [1.165, 1.54) is 11.8 Å². The van der Waals surface area contributed by atoms with Crippen LogP contribution in [0.1, 0.15) is 22.5 Å². The first kappa shape index (κ1) is 22.8. The summed E-state index contributed by atoms with van der Waals surface area (Å²) in [5.74, 6) is 0.333. The van der Waals surface area contributed by atoms with Crippen molar-refractivity contribution in [1.82, 2.24) is 14.8 Å². The summed E-state index contributed by atoms with van der Waals surface area (Å²) in [6.07, 6.45) is 0.0888. The van der Waals surface area contributed by atoms with E-state index in [0.29, 0.717) is 21.7 Å². The van der Waals surface area contributed by atoms with E-state index in [2.05, 4.69) is 20.8 Å². The van der Waals surface area contributed by atoms with Crippen LogP contribution in [0.5, 0.6) is 0 Å². The third-order valence-corrected chi connectivity index (χ3v) is 6.13. The molecule has 0 bridgehead atoms. The molecule has 0 unspecified atom stereocenters. The van der Waals surface area contributed by atoms with Crippen molar-refractivity contribution >= 4 is 46.6 Å². The smallest absolute Gasteiger partial charge is 0.234 e. The quantitative estimate of drug-likeness (QED) is 0.516. The van der Waals surface area contributed by atoms with Gasteiger partial charge in [0.25, 0.3) is 0 Å². The lowest BCUT2D eigenvalue weighted by Gasteiger charge is -2.09. The van der Waals surface area contributed by atoms with E-state index in [1.807, 2.05) is 45.0 Å². The number of thioether (sulfide) groups is 1. The Labute approximate surface area is 190 Å². The number of aryl methyl sites for hydroxylation is 3. The molecule has 2 amide bonds. The summed E-state index contributed by atoms with van der Waals surface area (Å²) in [5, 5.41) is 15.1. The van der Waals surface area contributed by atoms with Crippen LogP contribution in [0.15, 0.2) is 41.6 Å². The molecular weight excluding hydrogens is 434 g/mol. The molecule has 7 nitrogen and oxygen atoms in total. The molecule has 0 saturated carbocycles. The van der Waals surface area contributed by atoms with Gasteiger partial charge in [0, 0.05) is 23.4 Å². The van der Waals surface area contributed by atoms with Gasteiger partial charge in [0.05, 0.1) is 12.2 Å². The summed E-state index contributed by atoms with van der Waals surface area (Å²) >= 11 is 7.34. The highest BCUT2D eigenvalue weighted by molar-refractivity contribution is 7.99. The van der Waals surface area contributed by atoms with Crippen molar-refractivity contribution in [2.24, 2.45) is 7.05 Å². The summed E-state index contributed by atoms with van der Waals surface area (Å²) in [6, 6.07) is 11.3. The normalized spacial score (nSPS) is 10.7. The number of anilines is 2. The highest BCUT2D eigenvalue weighted by Gasteiger charge is 2.15. The molecule has 0 atom stereocenters. The van der Waals surface area contributed by atoms with Crippen molar-refractivity contribution in [2.75, 3.05) is 16.4 Å². The second kappa shape index (κ2) is 9.98. The van der Waals surface area contributed by atoms with Crippen molar-refractivity contribution < 1.29 is 9.59 Å². The van der Waals surface area contributed by atoms with Crippen molar-refractivity contribution in [1.29, 1.82) is 0 Å². The molecule has 0 aliphatic heterocycles. The Morgan fingerprint density at radius 3 is 2.48 bits per heavy atom. The van der Waals surface area contributed by atoms with Gasteiger partial charge in [-0.25, -0.2) is 0 Å². The third-order valence-electron chi connectivity index (χ3n) is 4.70. The minimum atomic E-state index is -0.179. The number of benzene rings is 2. The predicted molar refractivity (Wildman–Crippen MR) is 125 cm³/mol. The zero-order chi connectivity index (χ0) is 22.5. The van der Waals surface area contributed by atoms with Crippen LogP contribution in [-0.4, -0.2) is 32.3 Å². The number of aromatic nitrogens is 3. The number of hydrogen-bond acceptors (Lipinski definition) is 5. The predicted octanol–water partition coefficient (Wildman–Crippen LogP) is 4.31. The van der Waals surface area contributed by atoms with Gasteiger partial charge in [-0.3, -0.25) is 9.59 Å². The van der Waals surface area contributed by atoms with E-state index in [4.69, 9.17) is 11.6 Å². The Balaban J connectivity index is 1.55. The lowest BCUT2D eigenvalue weighted by molar-refractivity contribution is -0.116. The van der Waals surface area contributed by atoms with Gasteiger partial charge >= 0.3 is 0 Å². The van der Waals surface area contributed by atoms with Gasteiger partial charge in [0.2, 0.25) is 11.8 Å². The molecule has 0 spiro atoms. The number of rotatable bonds is 7. The van der Waals surface area contributed by atoms with E-state index >= 15 is 0 Å². The second-order valence-corrected chi connectivity index (χ2v) is 8.65. The lowest BCUT2D eigenvalue weighted by atomic mass is 10.1. The fourth-order valence-corrected chi connectivity index (χ4v) is 3.74. The lowest BCUT2D eigenvalue weighted by Crippen LogP contribution is -2.18. The number of nitrogens with one attached hydrogen (secondary N) is 2. The molecule has 0 aliphatic rings. The molecule has 1 aromatic heterocycles. The summed E-state index contributed by atoms with van der Waals surface area (Å²) in [5.41, 5.74) is 4.44. The number of nitrogens with zero attached hydrogens (tertiary/aromatic N) is 3. The van der Waals surface area contributed by atoms with E-state index < -0.39 is 0 Å². The van der Waals surface area contributed by atoms with Gasteiger partial charge in [-0.2, -0.15) is 0 Å². The maximum atomic E-state index is 12.5. The summed E-state index contributed by atoms with van der Waals surface area (Å²) < 4.78 is 1.73. The van der Waals surface area contributed by atoms with E-state index in [9.17, 15) is 9.59 Å². The van der Waals surface area contributed by atoms with Crippen LogP contribution in [0.3, 0.4) is 0 Å². The third kappa shape index (κ3) is 6.08. The van der Waals surface area contributed by atoms with Crippen LogP contribution < -0.4 is 10.6 Å². The Morgan fingerprint density at radius 1 is 1.00 bits per heavy atom. The van der Waals surface area contributed by atoms with Crippen LogP contribution in [0.25, 0.3) is 0 Å². The largest absolute Gasteiger partial charge is 0.325 e. The molecule has 0 fully saturated rings. The van der Waals surface area contributed by atoms with Crippen LogP contribution in [0.4, 0.5) is 11.4 Å². The average molecular weight is 458 g/mol. The maximum absolute atomic E-state index is 12.5. The maximum Gasteiger partial charge on any atom is 0.234 e. The highest BCUT2D eigenvalue weighted by Crippen LogP contribution is 2.21. The number of amides is 2. The van der Waals surface area contributed by atoms with Crippen LogP contribution >= 0.6 is 23.4 Å². The monoisotopic (exact) mass is 457 g/mol. The fraction of sp³-hybridized carbons (Fsp3) is 0.273. The Kier molecular flexibility index (Phi) is 7.35. The molecule has 3 aromatic rings. The molecule has 2 aromatic carbocycles. The first-order chi connectivity index (χ1) is 14.7. The van der Waals surface area contributed by atoms with Crippen molar-refractivity contribution in [2.45, 2.75) is 32.3 Å². The molecular formula is C22H24ClN5O2S. The Morgan fingerprint density at radius 2 is 1.74 bits per heavy atom. The molecule has 162 valence electrons. The first-order valence-electron chi connectivity index (χ1n) is 9.67. The standard InChI is InChI=1S/C22H24ClN5O2S/c1-13-5-6-15(3)18(9-13)25-20(29)11-19-26-27-22(28(19)4)31-12-21(30)24-16-8-7-14(2)17(23)10-16/h5-10H,11-12H2,1-4H3,(H,24,30)(H,25,29). The molecule has 3 rings (SSSR count). The van der Waals surface area contributed by atoms with Crippen molar-refractivity contribution in [3.05, 3.63) is 63.9 Å². The van der Waals surface area contributed by atoms with Crippen LogP contribution in [-0.2, 0) is 23.1 Å². The van der Waals surface area contributed by atoms with Gasteiger partial charge in [-0.1, -0.05) is 41.6 Å². The summed E-state index contributed by atoms with van der Waals surface area (Å²) in [7, 11) is 1.78. The fourth-order valence-electron chi connectivity index (χ4n) is 2.83. The van der Waals surface area contributed by atoms with Crippen LogP contribution in [0.2, 0.25) is 5.02 Å². The minimum Gasteiger partial charge on any atom is -0.325 e. The van der Waals surface area contributed by atoms with Gasteiger partial charge in [-0.15, -0.1) is 10.2 Å². The highest BCUT2D eigenvalue weighted by atomic mass is 35.5. The van der Waals surface area contributed by atoms with E-state index in [-0.39, 0.29) is 24.0 Å².